The highest BCUT2D eigenvalue weighted by Gasteiger charge is 2.20. The normalized spacial score (nSPS) is 10.9. The van der Waals surface area contributed by atoms with Gasteiger partial charge in [-0.3, -0.25) is 15.4 Å². The summed E-state index contributed by atoms with van der Waals surface area (Å²) < 4.78 is 13.8. The van der Waals surface area contributed by atoms with Crippen molar-refractivity contribution in [3.05, 3.63) is 33.6 Å². The van der Waals surface area contributed by atoms with E-state index in [0.717, 1.165) is 11.8 Å². The van der Waals surface area contributed by atoms with Crippen LogP contribution in [-0.4, -0.2) is 16.3 Å². The number of benzene rings is 1. The van der Waals surface area contributed by atoms with Gasteiger partial charge in [-0.1, -0.05) is 11.8 Å². The van der Waals surface area contributed by atoms with E-state index in [0.29, 0.717) is 0 Å². The summed E-state index contributed by atoms with van der Waals surface area (Å²) in [6.07, 6.45) is 3.24. The first-order chi connectivity index (χ1) is 8.51. The minimum atomic E-state index is -0.768. The second-order valence-electron chi connectivity index (χ2n) is 3.18. The van der Waals surface area contributed by atoms with Gasteiger partial charge in [0.2, 0.25) is 0 Å². The van der Waals surface area contributed by atoms with Gasteiger partial charge in [0, 0.05) is 6.07 Å². The molecule has 1 aromatic carbocycles. The van der Waals surface area contributed by atoms with E-state index in [4.69, 9.17) is 5.26 Å². The first-order valence-corrected chi connectivity index (χ1v) is 5.95. The lowest BCUT2D eigenvalue weighted by molar-refractivity contribution is -0.384. The second-order valence-corrected chi connectivity index (χ2v) is 3.97. The number of nitro benzene ring substituents is 1. The Kier molecular flexibility index (Phi) is 4.62. The third-order valence-corrected chi connectivity index (χ3v) is 2.63. The number of aliphatic imine (C=N–C) groups is 1. The highest BCUT2D eigenvalue weighted by molar-refractivity contribution is 8.13. The Hall–Kier alpha value is -2.14. The van der Waals surface area contributed by atoms with Gasteiger partial charge in [0.1, 0.15) is 0 Å². The number of amidine groups is 1. The van der Waals surface area contributed by atoms with Crippen molar-refractivity contribution in [3.63, 3.8) is 0 Å². The summed E-state index contributed by atoms with van der Waals surface area (Å²) in [4.78, 5) is 13.9. The van der Waals surface area contributed by atoms with E-state index in [9.17, 15) is 14.5 Å². The Morgan fingerprint density at radius 3 is 2.83 bits per heavy atom. The van der Waals surface area contributed by atoms with Crippen molar-refractivity contribution in [2.75, 3.05) is 6.26 Å². The fraction of sp³-hybridized carbons (Fsp3) is 0.200. The summed E-state index contributed by atoms with van der Waals surface area (Å²) in [5.41, 5.74) is -0.576. The molecule has 0 bridgehead atoms. The number of nitro groups is 1. The lowest BCUT2D eigenvalue weighted by atomic mass is 10.2. The first-order valence-electron chi connectivity index (χ1n) is 4.72. The Morgan fingerprint density at radius 2 is 2.33 bits per heavy atom. The van der Waals surface area contributed by atoms with Crippen molar-refractivity contribution in [1.82, 2.24) is 5.32 Å². The number of nitrogens with one attached hydrogen (secondary N) is 1. The van der Waals surface area contributed by atoms with Crippen LogP contribution in [-0.2, 0) is 0 Å². The maximum atomic E-state index is 13.8. The molecule has 0 fully saturated rings. The topological polar surface area (TPSA) is 91.3 Å². The minimum Gasteiger partial charge on any atom is -0.271 e. The van der Waals surface area contributed by atoms with Gasteiger partial charge in [0.25, 0.3) is 5.69 Å². The Morgan fingerprint density at radius 1 is 1.67 bits per heavy atom. The summed E-state index contributed by atoms with van der Waals surface area (Å²) in [6.45, 7) is 1.48. The molecule has 0 aliphatic rings. The molecule has 6 nitrogen and oxygen atoms in total. The smallest absolute Gasteiger partial charge is 0.271 e. The van der Waals surface area contributed by atoms with Crippen molar-refractivity contribution in [2.45, 2.75) is 6.92 Å². The van der Waals surface area contributed by atoms with Gasteiger partial charge in [-0.2, -0.15) is 5.26 Å². The fourth-order valence-electron chi connectivity index (χ4n) is 1.18. The lowest BCUT2D eigenvalue weighted by Crippen LogP contribution is -2.12. The maximum Gasteiger partial charge on any atom is 0.297 e. The van der Waals surface area contributed by atoms with Crippen LogP contribution in [0, 0.1) is 34.3 Å². The number of hydrogen-bond donors (Lipinski definition) is 1. The lowest BCUT2D eigenvalue weighted by Gasteiger charge is -2.04. The van der Waals surface area contributed by atoms with Crippen LogP contribution in [0.3, 0.4) is 0 Å². The van der Waals surface area contributed by atoms with Crippen molar-refractivity contribution in [3.8, 4) is 6.19 Å². The molecule has 1 aromatic rings. The summed E-state index contributed by atoms with van der Waals surface area (Å²) in [7, 11) is 0. The molecule has 0 amide bonds. The Balaban J connectivity index is 3.42. The molecule has 1 rings (SSSR count). The largest absolute Gasteiger partial charge is 0.297 e. The molecule has 0 aromatic heterocycles. The third-order valence-electron chi connectivity index (χ3n) is 2.05. The van der Waals surface area contributed by atoms with E-state index in [1.54, 1.807) is 12.4 Å². The molecular weight excluding hydrogens is 259 g/mol. The SMILES string of the molecule is CSC(=Nc1c([N+](=O)[O-])ccc(C)c1F)NC#N. The monoisotopic (exact) mass is 268 g/mol. The summed E-state index contributed by atoms with van der Waals surface area (Å²) in [5, 5.41) is 21.6. The summed E-state index contributed by atoms with van der Waals surface area (Å²) >= 11 is 1.05. The van der Waals surface area contributed by atoms with Gasteiger partial charge < -0.3 is 0 Å². The fourth-order valence-corrected chi connectivity index (χ4v) is 1.51. The van der Waals surface area contributed by atoms with E-state index in [-0.39, 0.29) is 16.4 Å². The average molecular weight is 268 g/mol. The number of thioether (sulfide) groups is 1. The molecular formula is C10H9FN4O2S. The van der Waals surface area contributed by atoms with Crippen LogP contribution < -0.4 is 5.32 Å². The molecule has 18 heavy (non-hydrogen) atoms. The van der Waals surface area contributed by atoms with Crippen molar-refractivity contribution >= 4 is 28.3 Å². The number of hydrogen-bond acceptors (Lipinski definition) is 5. The number of nitrogens with zero attached hydrogens (tertiary/aromatic N) is 3. The standard InChI is InChI=1S/C10H9FN4O2S/c1-6-3-4-7(15(16)17)9(8(6)11)14-10(18-2)13-5-12/h3-4H,1-2H3,(H,13,14). The van der Waals surface area contributed by atoms with Crippen LogP contribution in [0.1, 0.15) is 5.56 Å². The summed E-state index contributed by atoms with van der Waals surface area (Å²) in [6, 6.07) is 2.49. The third kappa shape index (κ3) is 2.95. The van der Waals surface area contributed by atoms with Crippen LogP contribution in [0.5, 0.6) is 0 Å². The van der Waals surface area contributed by atoms with E-state index in [1.807, 2.05) is 0 Å². The first kappa shape index (κ1) is 13.9. The number of aryl methyl sites for hydroxylation is 1. The van der Waals surface area contributed by atoms with E-state index in [1.165, 1.54) is 19.1 Å². The highest BCUT2D eigenvalue weighted by Crippen LogP contribution is 2.32. The van der Waals surface area contributed by atoms with Crippen LogP contribution in [0.25, 0.3) is 0 Å². The minimum absolute atomic E-state index is 0.0881. The van der Waals surface area contributed by atoms with Crippen molar-refractivity contribution in [2.24, 2.45) is 4.99 Å². The van der Waals surface area contributed by atoms with Crippen LogP contribution >= 0.6 is 11.8 Å². The molecule has 8 heteroatoms. The zero-order valence-electron chi connectivity index (χ0n) is 9.60. The van der Waals surface area contributed by atoms with Crippen LogP contribution in [0.2, 0.25) is 0 Å². The van der Waals surface area contributed by atoms with Gasteiger partial charge >= 0.3 is 0 Å². The molecule has 94 valence electrons. The zero-order valence-corrected chi connectivity index (χ0v) is 10.4. The molecule has 0 unspecified atom stereocenters. The molecule has 0 heterocycles. The van der Waals surface area contributed by atoms with Crippen molar-refractivity contribution < 1.29 is 9.31 Å². The Labute approximate surface area is 107 Å². The maximum absolute atomic E-state index is 13.8. The van der Waals surface area contributed by atoms with Crippen LogP contribution in [0.15, 0.2) is 17.1 Å². The van der Waals surface area contributed by atoms with E-state index < -0.39 is 16.4 Å². The quantitative estimate of drug-likeness (QED) is 0.222. The highest BCUT2D eigenvalue weighted by atomic mass is 32.2. The molecule has 0 aliphatic heterocycles. The van der Waals surface area contributed by atoms with Gasteiger partial charge in [-0.05, 0) is 24.8 Å². The number of nitriles is 1. The molecule has 0 aliphatic carbocycles. The predicted octanol–water partition coefficient (Wildman–Crippen LogP) is 2.46. The van der Waals surface area contributed by atoms with Gasteiger partial charge in [0.15, 0.2) is 22.9 Å². The zero-order chi connectivity index (χ0) is 13.7. The van der Waals surface area contributed by atoms with Gasteiger partial charge in [0.05, 0.1) is 4.92 Å². The molecule has 0 spiro atoms. The summed E-state index contributed by atoms with van der Waals surface area (Å²) in [5.74, 6) is -0.768. The van der Waals surface area contributed by atoms with Crippen LogP contribution in [0.4, 0.5) is 15.8 Å². The number of halogens is 1. The molecule has 1 N–H and O–H groups in total. The molecule has 0 saturated carbocycles. The molecule has 0 radical (unpaired) electrons. The second kappa shape index (κ2) is 5.97. The molecule has 0 atom stereocenters. The van der Waals surface area contributed by atoms with Gasteiger partial charge in [-0.15, -0.1) is 0 Å². The van der Waals surface area contributed by atoms with Crippen molar-refractivity contribution in [1.29, 1.82) is 5.26 Å². The predicted molar refractivity (Wildman–Crippen MR) is 67.2 cm³/mol. The average Bonchev–Trinajstić information content (AvgIpc) is 2.33. The van der Waals surface area contributed by atoms with E-state index >= 15 is 0 Å². The van der Waals surface area contributed by atoms with Gasteiger partial charge in [-0.25, -0.2) is 9.38 Å². The Bertz CT molecular complexity index is 554. The van der Waals surface area contributed by atoms with E-state index in [2.05, 4.69) is 10.3 Å². The number of rotatable bonds is 2. The molecule has 0 saturated heterocycles.